The maximum Gasteiger partial charge on any atom is 0.256 e. The molecule has 0 aliphatic carbocycles. The minimum atomic E-state index is -3.50. The van der Waals surface area contributed by atoms with Crippen LogP contribution in [0.15, 0.2) is 46.4 Å². The molecule has 31 heavy (non-hydrogen) atoms. The summed E-state index contributed by atoms with van der Waals surface area (Å²) in [5.74, 6) is -0.681. The van der Waals surface area contributed by atoms with Crippen molar-refractivity contribution in [3.8, 4) is 11.3 Å². The van der Waals surface area contributed by atoms with E-state index in [1.165, 1.54) is 28.5 Å². The van der Waals surface area contributed by atoms with E-state index in [9.17, 15) is 18.0 Å². The molecule has 1 fully saturated rings. The predicted octanol–water partition coefficient (Wildman–Crippen LogP) is 3.34. The van der Waals surface area contributed by atoms with E-state index in [1.54, 1.807) is 6.92 Å². The number of aromatic nitrogens is 2. The number of carbonyl (C=O) groups is 2. The van der Waals surface area contributed by atoms with Gasteiger partial charge in [-0.05, 0) is 31.5 Å². The van der Waals surface area contributed by atoms with Crippen LogP contribution in [0.2, 0.25) is 0 Å². The Balaban J connectivity index is 1.45. The van der Waals surface area contributed by atoms with E-state index in [1.807, 2.05) is 29.6 Å². The van der Waals surface area contributed by atoms with Crippen LogP contribution in [0.5, 0.6) is 0 Å². The van der Waals surface area contributed by atoms with Gasteiger partial charge in [-0.3, -0.25) is 9.59 Å². The summed E-state index contributed by atoms with van der Waals surface area (Å²) in [7, 11) is -3.50. The van der Waals surface area contributed by atoms with Gasteiger partial charge in [-0.1, -0.05) is 28.1 Å². The molecule has 0 unspecified atom stereocenters. The summed E-state index contributed by atoms with van der Waals surface area (Å²) >= 11 is 4.74. The van der Waals surface area contributed by atoms with Crippen molar-refractivity contribution in [2.75, 3.05) is 18.1 Å². The number of thiazole rings is 1. The third-order valence-corrected chi connectivity index (χ3v) is 7.37. The average molecular weight is 523 g/mol. The third-order valence-electron chi connectivity index (χ3n) is 5.01. The zero-order valence-corrected chi connectivity index (χ0v) is 19.9. The van der Waals surface area contributed by atoms with Crippen molar-refractivity contribution in [3.05, 3.63) is 57.6 Å². The maximum absolute atomic E-state index is 12.8. The van der Waals surface area contributed by atoms with Gasteiger partial charge in [0.1, 0.15) is 6.04 Å². The maximum atomic E-state index is 12.8. The van der Waals surface area contributed by atoms with Gasteiger partial charge in [-0.25, -0.2) is 17.4 Å². The van der Waals surface area contributed by atoms with Crippen molar-refractivity contribution in [2.45, 2.75) is 19.4 Å². The monoisotopic (exact) mass is 522 g/mol. The lowest BCUT2D eigenvalue weighted by atomic mass is 10.0. The number of hydrogen-bond acceptors (Lipinski definition) is 6. The van der Waals surface area contributed by atoms with E-state index >= 15 is 0 Å². The Hall–Kier alpha value is -2.50. The fourth-order valence-corrected chi connectivity index (χ4v) is 5.40. The number of nitrogens with zero attached hydrogens (tertiary/aromatic N) is 3. The standard InChI is InChI=1S/C20H19BrN4O4S2/c1-12-8-14(10-25(12)31(2,28)29)19(27)24-7-6-17(24)18(26)23-20-22-16(11-30-20)13-4-3-5-15(21)9-13/h3-5,8-11,17H,6-7H2,1-2H3,(H,22,23,26)/t17-/m0/s1. The molecule has 0 saturated carbocycles. The van der Waals surface area contributed by atoms with Gasteiger partial charge < -0.3 is 10.2 Å². The first kappa shape index (κ1) is 21.7. The first-order valence-corrected chi connectivity index (χ1v) is 12.9. The van der Waals surface area contributed by atoms with Crippen LogP contribution in [-0.2, 0) is 14.8 Å². The minimum Gasteiger partial charge on any atom is -0.326 e. The molecular formula is C20H19BrN4O4S2. The molecule has 162 valence electrons. The zero-order chi connectivity index (χ0) is 22.3. The van der Waals surface area contributed by atoms with Gasteiger partial charge in [0.05, 0.1) is 17.5 Å². The van der Waals surface area contributed by atoms with E-state index < -0.39 is 16.1 Å². The van der Waals surface area contributed by atoms with E-state index in [0.29, 0.717) is 23.8 Å². The van der Waals surface area contributed by atoms with Gasteiger partial charge in [-0.2, -0.15) is 0 Å². The Kier molecular flexibility index (Phi) is 5.75. The topological polar surface area (TPSA) is 101 Å². The molecule has 2 aromatic heterocycles. The normalized spacial score (nSPS) is 16.1. The molecule has 0 spiro atoms. The molecule has 3 heterocycles. The Morgan fingerprint density at radius 2 is 2.06 bits per heavy atom. The summed E-state index contributed by atoms with van der Waals surface area (Å²) in [6.45, 7) is 2.05. The zero-order valence-electron chi connectivity index (χ0n) is 16.7. The number of amides is 2. The van der Waals surface area contributed by atoms with E-state index in [-0.39, 0.29) is 17.4 Å². The predicted molar refractivity (Wildman–Crippen MR) is 123 cm³/mol. The number of anilines is 1. The summed E-state index contributed by atoms with van der Waals surface area (Å²) < 4.78 is 25.6. The number of rotatable bonds is 5. The molecule has 1 saturated heterocycles. The number of halogens is 1. The van der Waals surface area contributed by atoms with Crippen LogP contribution in [0.3, 0.4) is 0 Å². The Labute approximate surface area is 192 Å². The highest BCUT2D eigenvalue weighted by molar-refractivity contribution is 9.10. The molecule has 8 nitrogen and oxygen atoms in total. The third kappa shape index (κ3) is 4.43. The Morgan fingerprint density at radius 3 is 2.68 bits per heavy atom. The molecule has 0 bridgehead atoms. The molecule has 1 atom stereocenters. The van der Waals surface area contributed by atoms with Gasteiger partial charge in [-0.15, -0.1) is 11.3 Å². The average Bonchev–Trinajstić information content (AvgIpc) is 3.27. The summed E-state index contributed by atoms with van der Waals surface area (Å²) in [5, 5.41) is 5.10. The summed E-state index contributed by atoms with van der Waals surface area (Å²) in [4.78, 5) is 31.5. The van der Waals surface area contributed by atoms with Crippen molar-refractivity contribution in [2.24, 2.45) is 0 Å². The van der Waals surface area contributed by atoms with Crippen molar-refractivity contribution < 1.29 is 18.0 Å². The molecule has 1 aliphatic heterocycles. The highest BCUT2D eigenvalue weighted by Gasteiger charge is 2.38. The summed E-state index contributed by atoms with van der Waals surface area (Å²) in [6, 6.07) is 8.61. The molecule has 11 heteroatoms. The number of benzene rings is 1. The van der Waals surface area contributed by atoms with Crippen LogP contribution in [-0.4, -0.2) is 52.9 Å². The molecule has 1 aliphatic rings. The first-order chi connectivity index (χ1) is 14.6. The SMILES string of the molecule is Cc1cc(C(=O)N2CC[C@H]2C(=O)Nc2nc(-c3cccc(Br)c3)cs2)cn1S(C)(=O)=O. The molecule has 2 amide bonds. The van der Waals surface area contributed by atoms with Gasteiger partial charge in [0.15, 0.2) is 5.13 Å². The number of carbonyl (C=O) groups excluding carboxylic acids is 2. The van der Waals surface area contributed by atoms with E-state index in [4.69, 9.17) is 0 Å². The molecular weight excluding hydrogens is 504 g/mol. The van der Waals surface area contributed by atoms with E-state index in [0.717, 1.165) is 26.0 Å². The molecule has 1 N–H and O–H groups in total. The van der Waals surface area contributed by atoms with Gasteiger partial charge in [0.25, 0.3) is 5.91 Å². The van der Waals surface area contributed by atoms with Gasteiger partial charge >= 0.3 is 0 Å². The first-order valence-electron chi connectivity index (χ1n) is 9.36. The van der Waals surface area contributed by atoms with Crippen molar-refractivity contribution in [3.63, 3.8) is 0 Å². The van der Waals surface area contributed by atoms with E-state index in [2.05, 4.69) is 26.2 Å². The lowest BCUT2D eigenvalue weighted by molar-refractivity contribution is -0.123. The smallest absolute Gasteiger partial charge is 0.256 e. The Morgan fingerprint density at radius 1 is 1.29 bits per heavy atom. The van der Waals surface area contributed by atoms with Gasteiger partial charge in [0.2, 0.25) is 15.9 Å². The highest BCUT2D eigenvalue weighted by Crippen LogP contribution is 2.28. The van der Waals surface area contributed by atoms with Crippen molar-refractivity contribution >= 4 is 54.2 Å². The van der Waals surface area contributed by atoms with Crippen LogP contribution >= 0.6 is 27.3 Å². The largest absolute Gasteiger partial charge is 0.326 e. The van der Waals surface area contributed by atoms with Crippen molar-refractivity contribution in [1.29, 1.82) is 0 Å². The lowest BCUT2D eigenvalue weighted by Crippen LogP contribution is -2.56. The van der Waals surface area contributed by atoms with Crippen LogP contribution in [0.25, 0.3) is 11.3 Å². The van der Waals surface area contributed by atoms with Crippen LogP contribution < -0.4 is 5.32 Å². The number of aryl methyl sites for hydroxylation is 1. The quantitative estimate of drug-likeness (QED) is 0.553. The summed E-state index contributed by atoms with van der Waals surface area (Å²) in [5.41, 5.74) is 2.36. The van der Waals surface area contributed by atoms with Crippen molar-refractivity contribution in [1.82, 2.24) is 13.9 Å². The lowest BCUT2D eigenvalue weighted by Gasteiger charge is -2.39. The minimum absolute atomic E-state index is 0.242. The number of nitrogens with one attached hydrogen (secondary N) is 1. The second kappa shape index (κ2) is 8.21. The summed E-state index contributed by atoms with van der Waals surface area (Å²) in [6.07, 6.45) is 2.91. The Bertz CT molecular complexity index is 1280. The van der Waals surface area contributed by atoms with Gasteiger partial charge in [0, 0.05) is 33.9 Å². The molecule has 1 aromatic carbocycles. The van der Waals surface area contributed by atoms with Crippen LogP contribution in [0.1, 0.15) is 22.5 Å². The molecule has 4 rings (SSSR count). The van der Waals surface area contributed by atoms with Crippen LogP contribution in [0.4, 0.5) is 5.13 Å². The molecule has 3 aromatic rings. The van der Waals surface area contributed by atoms with Crippen LogP contribution in [0, 0.1) is 6.92 Å². The highest BCUT2D eigenvalue weighted by atomic mass is 79.9. The molecule has 0 radical (unpaired) electrons. The fraction of sp³-hybridized carbons (Fsp3) is 0.250. The second-order valence-electron chi connectivity index (χ2n) is 7.27. The number of likely N-dealkylation sites (tertiary alicyclic amines) is 1. The fourth-order valence-electron chi connectivity index (χ4n) is 3.40. The second-order valence-corrected chi connectivity index (χ2v) is 10.9. The number of hydrogen-bond donors (Lipinski definition) is 1.